The Balaban J connectivity index is 3.94. The van der Waals surface area contributed by atoms with Crippen LogP contribution in [0, 0.1) is 0 Å². The van der Waals surface area contributed by atoms with Crippen molar-refractivity contribution in [3.05, 3.63) is 24.3 Å². The molecule has 0 aliphatic carbocycles. The van der Waals surface area contributed by atoms with Crippen molar-refractivity contribution in [1.82, 2.24) is 0 Å². The van der Waals surface area contributed by atoms with Gasteiger partial charge in [-0.25, -0.2) is 4.57 Å². The molecular weight excluding hydrogens is 882 g/mol. The molecule has 0 spiro atoms. The Morgan fingerprint density at radius 3 is 1.20 bits per heavy atom. The van der Waals surface area contributed by atoms with E-state index in [4.69, 9.17) is 18.5 Å². The summed E-state index contributed by atoms with van der Waals surface area (Å²) in [4.78, 5) is 35.6. The van der Waals surface area contributed by atoms with Crippen molar-refractivity contribution in [2.45, 2.75) is 296 Å². The molecule has 0 aliphatic heterocycles. The highest BCUT2D eigenvalue weighted by molar-refractivity contribution is 7.47. The van der Waals surface area contributed by atoms with Crippen molar-refractivity contribution in [2.24, 2.45) is 0 Å². The van der Waals surface area contributed by atoms with Crippen LogP contribution >= 0.6 is 7.82 Å². The van der Waals surface area contributed by atoms with Gasteiger partial charge in [0.15, 0.2) is 6.10 Å². The predicted octanol–water partition coefficient (Wildman–Crippen LogP) is 18.2. The van der Waals surface area contributed by atoms with Gasteiger partial charge in [0.1, 0.15) is 19.8 Å². The molecule has 2 unspecified atom stereocenters. The quantitative estimate of drug-likeness (QED) is 0.0211. The number of phosphoric ester groups is 1. The summed E-state index contributed by atoms with van der Waals surface area (Å²) in [5.41, 5.74) is 0. The van der Waals surface area contributed by atoms with Crippen LogP contribution in [-0.4, -0.2) is 74.9 Å². The van der Waals surface area contributed by atoms with Crippen LogP contribution in [-0.2, 0) is 32.7 Å². The van der Waals surface area contributed by atoms with Crippen molar-refractivity contribution in [3.63, 3.8) is 0 Å². The summed E-state index contributed by atoms with van der Waals surface area (Å²) in [6.45, 7) is 4.39. The Morgan fingerprint density at radius 1 is 0.449 bits per heavy atom. The maximum atomic E-state index is 12.7. The average molecular weight is 998 g/mol. The van der Waals surface area contributed by atoms with Gasteiger partial charge in [0.2, 0.25) is 0 Å². The van der Waals surface area contributed by atoms with Gasteiger partial charge >= 0.3 is 19.8 Å². The van der Waals surface area contributed by atoms with Crippen LogP contribution in [0.2, 0.25) is 0 Å². The van der Waals surface area contributed by atoms with Crippen LogP contribution in [0.4, 0.5) is 0 Å². The molecule has 0 bridgehead atoms. The summed E-state index contributed by atoms with van der Waals surface area (Å²) in [6, 6.07) is 0. The summed E-state index contributed by atoms with van der Waals surface area (Å²) in [5.74, 6) is -0.801. The minimum Gasteiger partial charge on any atom is -0.462 e. The molecule has 0 saturated heterocycles. The van der Waals surface area contributed by atoms with Crippen LogP contribution in [0.3, 0.4) is 0 Å². The maximum Gasteiger partial charge on any atom is 0.472 e. The van der Waals surface area contributed by atoms with Crippen LogP contribution in [0.15, 0.2) is 24.3 Å². The van der Waals surface area contributed by atoms with Crippen molar-refractivity contribution < 1.29 is 42.1 Å². The number of unbranched alkanes of at least 4 members (excludes halogenated alkanes) is 37. The van der Waals surface area contributed by atoms with E-state index in [2.05, 4.69) is 38.2 Å². The summed E-state index contributed by atoms with van der Waals surface area (Å²) in [5, 5.41) is 0. The van der Waals surface area contributed by atoms with Crippen molar-refractivity contribution in [2.75, 3.05) is 47.5 Å². The Kier molecular flexibility index (Phi) is 50.3. The second-order valence-corrected chi connectivity index (χ2v) is 22.8. The molecule has 0 rings (SSSR count). The Bertz CT molecular complexity index is 1220. The molecule has 10 heteroatoms. The lowest BCUT2D eigenvalue weighted by atomic mass is 10.0. The summed E-state index contributed by atoms with van der Waals surface area (Å²) >= 11 is 0. The first-order valence-corrected chi connectivity index (χ1v) is 31.1. The highest BCUT2D eigenvalue weighted by atomic mass is 31.2. The van der Waals surface area contributed by atoms with E-state index in [0.29, 0.717) is 23.9 Å². The van der Waals surface area contributed by atoms with Gasteiger partial charge in [-0.1, -0.05) is 263 Å². The Labute approximate surface area is 428 Å². The van der Waals surface area contributed by atoms with Crippen molar-refractivity contribution in [1.29, 1.82) is 0 Å². The molecule has 0 aliphatic rings. The standard InChI is InChI=1S/C59H114NO8P/c1-6-8-10-12-14-16-18-20-21-22-23-24-25-26-27-28-29-30-31-32-33-34-35-36-37-38-40-41-43-45-47-49-51-58(61)65-55-57(56-67-69(63,64)66-54-53-60(3,4)5)68-59(62)52-50-48-46-44-42-39-19-17-15-13-11-9-7-2/h11,13,17,19,57H,6-10,12,14-16,18,20-56H2,1-5H3/p+1/b13-11-,19-17-. The minimum atomic E-state index is -4.38. The fraction of sp³-hybridized carbons (Fsp3) is 0.898. The first-order chi connectivity index (χ1) is 33.5. The molecular formula is C59H115NO8P+. The van der Waals surface area contributed by atoms with Gasteiger partial charge in [-0.2, -0.15) is 0 Å². The minimum absolute atomic E-state index is 0.0309. The summed E-state index contributed by atoms with van der Waals surface area (Å²) < 4.78 is 34.5. The van der Waals surface area contributed by atoms with E-state index in [0.717, 1.165) is 64.2 Å². The zero-order valence-corrected chi connectivity index (χ0v) is 47.2. The SMILES string of the molecule is CCC/C=C\C/C=C\CCCCCCCC(=O)OC(COC(=O)CCCCCCCCCCCCCCCCCCCCCCCCCCCCCCCCCC)COP(=O)(O)OCC[N+](C)(C)C. The van der Waals surface area contributed by atoms with Crippen LogP contribution in [0.25, 0.3) is 0 Å². The van der Waals surface area contributed by atoms with E-state index in [1.54, 1.807) is 0 Å². The normalized spacial score (nSPS) is 13.4. The third-order valence-corrected chi connectivity index (χ3v) is 14.2. The van der Waals surface area contributed by atoms with Crippen molar-refractivity contribution in [3.8, 4) is 0 Å². The maximum absolute atomic E-state index is 12.7. The number of nitrogens with zero attached hydrogens (tertiary/aromatic N) is 1. The topological polar surface area (TPSA) is 108 Å². The van der Waals surface area contributed by atoms with Gasteiger partial charge in [-0.15, -0.1) is 0 Å². The van der Waals surface area contributed by atoms with Gasteiger partial charge < -0.3 is 18.9 Å². The molecule has 0 aromatic rings. The zero-order chi connectivity index (χ0) is 50.6. The monoisotopic (exact) mass is 997 g/mol. The summed E-state index contributed by atoms with van der Waals surface area (Å²) in [6.07, 6.45) is 61.4. The Hall–Kier alpha value is -1.51. The molecule has 69 heavy (non-hydrogen) atoms. The number of hydrogen-bond donors (Lipinski definition) is 1. The average Bonchev–Trinajstić information content (AvgIpc) is 3.31. The van der Waals surface area contributed by atoms with Crippen LogP contribution in [0.1, 0.15) is 290 Å². The highest BCUT2D eigenvalue weighted by Gasteiger charge is 2.27. The molecule has 2 atom stereocenters. The zero-order valence-electron chi connectivity index (χ0n) is 46.3. The van der Waals surface area contributed by atoms with Crippen LogP contribution < -0.4 is 0 Å². The first kappa shape index (κ1) is 67.5. The number of allylic oxidation sites excluding steroid dienone is 4. The number of ether oxygens (including phenoxy) is 2. The number of carbonyl (C=O) groups is 2. The first-order valence-electron chi connectivity index (χ1n) is 29.6. The van der Waals surface area contributed by atoms with Crippen molar-refractivity contribution >= 4 is 19.8 Å². The molecule has 0 radical (unpaired) electrons. The third kappa shape index (κ3) is 55.7. The summed E-state index contributed by atoms with van der Waals surface area (Å²) in [7, 11) is 1.48. The van der Waals surface area contributed by atoms with Gasteiger partial charge in [0.25, 0.3) is 0 Å². The largest absolute Gasteiger partial charge is 0.472 e. The van der Waals surface area contributed by atoms with E-state index in [-0.39, 0.29) is 25.6 Å². The lowest BCUT2D eigenvalue weighted by molar-refractivity contribution is -0.870. The van der Waals surface area contributed by atoms with E-state index >= 15 is 0 Å². The lowest BCUT2D eigenvalue weighted by Crippen LogP contribution is -2.37. The number of esters is 2. The molecule has 1 N–H and O–H groups in total. The predicted molar refractivity (Wildman–Crippen MR) is 294 cm³/mol. The van der Waals surface area contributed by atoms with Gasteiger partial charge in [0.05, 0.1) is 27.7 Å². The highest BCUT2D eigenvalue weighted by Crippen LogP contribution is 2.43. The molecule has 408 valence electrons. The molecule has 0 aromatic carbocycles. The molecule has 0 saturated carbocycles. The molecule has 9 nitrogen and oxygen atoms in total. The Morgan fingerprint density at radius 2 is 0.812 bits per heavy atom. The molecule has 0 fully saturated rings. The molecule has 0 aromatic heterocycles. The van der Waals surface area contributed by atoms with Crippen LogP contribution in [0.5, 0.6) is 0 Å². The fourth-order valence-electron chi connectivity index (χ4n) is 8.64. The van der Waals surface area contributed by atoms with Gasteiger partial charge in [0, 0.05) is 12.8 Å². The number of quaternary nitrogens is 1. The lowest BCUT2D eigenvalue weighted by Gasteiger charge is -2.24. The smallest absolute Gasteiger partial charge is 0.462 e. The second-order valence-electron chi connectivity index (χ2n) is 21.4. The third-order valence-electron chi connectivity index (χ3n) is 13.2. The molecule has 0 heterocycles. The second kappa shape index (κ2) is 51.4. The van der Waals surface area contributed by atoms with Gasteiger partial charge in [-0.05, 0) is 38.5 Å². The van der Waals surface area contributed by atoms with E-state index in [1.807, 2.05) is 21.1 Å². The number of phosphoric acid groups is 1. The van der Waals surface area contributed by atoms with E-state index in [9.17, 15) is 19.0 Å². The molecule has 0 amide bonds. The van der Waals surface area contributed by atoms with E-state index < -0.39 is 26.5 Å². The number of rotatable bonds is 55. The number of hydrogen-bond acceptors (Lipinski definition) is 7. The fourth-order valence-corrected chi connectivity index (χ4v) is 9.39. The van der Waals surface area contributed by atoms with Gasteiger partial charge in [-0.3, -0.25) is 18.6 Å². The number of carbonyl (C=O) groups excluding carboxylic acids is 2. The number of likely N-dealkylation sites (N-methyl/N-ethyl adjacent to an activating group) is 1. The van der Waals surface area contributed by atoms with E-state index in [1.165, 1.54) is 193 Å².